The second-order valence-electron chi connectivity index (χ2n) is 6.93. The third-order valence-corrected chi connectivity index (χ3v) is 5.67. The summed E-state index contributed by atoms with van der Waals surface area (Å²) < 4.78 is 0. The maximum absolute atomic E-state index is 12.9. The van der Waals surface area contributed by atoms with Crippen molar-refractivity contribution in [3.05, 3.63) is 124 Å². The Kier molecular flexibility index (Phi) is 6.50. The van der Waals surface area contributed by atoms with Crippen LogP contribution >= 0.6 is 11.3 Å². The molecule has 2 aromatic carbocycles. The first-order valence-electron chi connectivity index (χ1n) is 9.88. The average molecular weight is 428 g/mol. The first-order chi connectivity index (χ1) is 15.2. The lowest BCUT2D eigenvalue weighted by atomic mass is 10.0. The zero-order valence-corrected chi connectivity index (χ0v) is 17.5. The van der Waals surface area contributed by atoms with Crippen molar-refractivity contribution in [2.45, 2.75) is 12.6 Å². The molecule has 6 heteroatoms. The van der Waals surface area contributed by atoms with E-state index in [2.05, 4.69) is 15.6 Å². The summed E-state index contributed by atoms with van der Waals surface area (Å²) in [6.45, 7) is 0.402. The molecule has 1 atom stereocenters. The molecule has 0 saturated carbocycles. The van der Waals surface area contributed by atoms with Crippen LogP contribution in [0.2, 0.25) is 0 Å². The van der Waals surface area contributed by atoms with Gasteiger partial charge in [0.1, 0.15) is 0 Å². The molecule has 0 aliphatic heterocycles. The van der Waals surface area contributed by atoms with E-state index >= 15 is 0 Å². The Morgan fingerprint density at radius 1 is 0.839 bits per heavy atom. The van der Waals surface area contributed by atoms with Gasteiger partial charge in [-0.15, -0.1) is 11.3 Å². The molecule has 0 saturated heterocycles. The van der Waals surface area contributed by atoms with E-state index in [-0.39, 0.29) is 17.9 Å². The molecule has 4 aromatic rings. The van der Waals surface area contributed by atoms with Crippen molar-refractivity contribution in [1.82, 2.24) is 15.6 Å². The molecule has 2 aromatic heterocycles. The van der Waals surface area contributed by atoms with E-state index in [1.54, 1.807) is 24.4 Å². The summed E-state index contributed by atoms with van der Waals surface area (Å²) in [7, 11) is 0. The van der Waals surface area contributed by atoms with Gasteiger partial charge in [0.25, 0.3) is 11.8 Å². The Balaban J connectivity index is 1.44. The Morgan fingerprint density at radius 2 is 1.61 bits per heavy atom. The van der Waals surface area contributed by atoms with Crippen molar-refractivity contribution in [2.75, 3.05) is 0 Å². The lowest BCUT2D eigenvalue weighted by molar-refractivity contribution is 0.0937. The van der Waals surface area contributed by atoms with Gasteiger partial charge < -0.3 is 10.6 Å². The van der Waals surface area contributed by atoms with Crippen LogP contribution in [-0.4, -0.2) is 16.8 Å². The number of hydrogen-bond acceptors (Lipinski definition) is 4. The quantitative estimate of drug-likeness (QED) is 0.453. The van der Waals surface area contributed by atoms with Gasteiger partial charge in [-0.1, -0.05) is 54.6 Å². The van der Waals surface area contributed by atoms with Gasteiger partial charge in [0.2, 0.25) is 0 Å². The zero-order chi connectivity index (χ0) is 21.5. The van der Waals surface area contributed by atoms with Crippen molar-refractivity contribution in [3.8, 4) is 0 Å². The fraction of sp³-hybridized carbons (Fsp3) is 0.0800. The summed E-state index contributed by atoms with van der Waals surface area (Å²) >= 11 is 1.40. The van der Waals surface area contributed by atoms with Gasteiger partial charge in [0, 0.05) is 18.3 Å². The molecule has 0 radical (unpaired) electrons. The van der Waals surface area contributed by atoms with Crippen molar-refractivity contribution >= 4 is 23.2 Å². The third kappa shape index (κ3) is 5.24. The van der Waals surface area contributed by atoms with E-state index < -0.39 is 0 Å². The van der Waals surface area contributed by atoms with Gasteiger partial charge in [-0.3, -0.25) is 14.6 Å². The second-order valence-corrected chi connectivity index (χ2v) is 7.88. The summed E-state index contributed by atoms with van der Waals surface area (Å²) in [4.78, 5) is 30.1. The Bertz CT molecular complexity index is 1090. The van der Waals surface area contributed by atoms with Crippen LogP contribution in [0.1, 0.15) is 42.9 Å². The van der Waals surface area contributed by atoms with E-state index in [4.69, 9.17) is 0 Å². The van der Waals surface area contributed by atoms with Crippen molar-refractivity contribution < 1.29 is 9.59 Å². The van der Waals surface area contributed by atoms with Crippen LogP contribution in [0, 0.1) is 0 Å². The molecule has 0 bridgehead atoms. The minimum Gasteiger partial charge on any atom is -0.347 e. The van der Waals surface area contributed by atoms with Gasteiger partial charge in [-0.2, -0.15) is 0 Å². The first-order valence-corrected chi connectivity index (χ1v) is 10.8. The molecule has 0 spiro atoms. The Labute approximate surface area is 184 Å². The molecule has 5 nitrogen and oxygen atoms in total. The van der Waals surface area contributed by atoms with Gasteiger partial charge in [-0.25, -0.2) is 0 Å². The normalized spacial score (nSPS) is 11.5. The van der Waals surface area contributed by atoms with Crippen molar-refractivity contribution in [1.29, 1.82) is 0 Å². The summed E-state index contributed by atoms with van der Waals surface area (Å²) in [5, 5.41) is 7.84. The van der Waals surface area contributed by atoms with E-state index in [0.29, 0.717) is 17.0 Å². The Hall–Kier alpha value is -3.77. The van der Waals surface area contributed by atoms with E-state index in [9.17, 15) is 9.59 Å². The third-order valence-electron chi connectivity index (χ3n) is 4.81. The smallest absolute Gasteiger partial charge is 0.261 e. The number of nitrogens with zero attached hydrogens (tertiary/aromatic N) is 1. The molecular weight excluding hydrogens is 406 g/mol. The van der Waals surface area contributed by atoms with Gasteiger partial charge in [-0.05, 0) is 46.8 Å². The summed E-state index contributed by atoms with van der Waals surface area (Å²) in [6, 6.07) is 25.9. The highest BCUT2D eigenvalue weighted by molar-refractivity contribution is 7.12. The summed E-state index contributed by atoms with van der Waals surface area (Å²) in [5.74, 6) is -0.286. The highest BCUT2D eigenvalue weighted by Gasteiger charge is 2.18. The number of nitrogens with one attached hydrogen (secondary N) is 2. The number of thiophene rings is 1. The molecule has 31 heavy (non-hydrogen) atoms. The molecule has 1 unspecified atom stereocenters. The standard InChI is InChI=1S/C25H21N3O2S/c29-24(28-23(19-7-2-1-3-8-19)21-9-4-5-15-26-21)20-13-11-18(12-14-20)17-27-25(30)22-10-6-16-31-22/h1-16,23H,17H2,(H,27,30)(H,28,29). The minimum atomic E-state index is -0.348. The molecule has 2 amide bonds. The number of aromatic nitrogens is 1. The largest absolute Gasteiger partial charge is 0.347 e. The van der Waals surface area contributed by atoms with Gasteiger partial charge in [0.15, 0.2) is 0 Å². The number of rotatable bonds is 7. The minimum absolute atomic E-state index is 0.0992. The average Bonchev–Trinajstić information content (AvgIpc) is 3.37. The van der Waals surface area contributed by atoms with Crippen LogP contribution in [0.15, 0.2) is 96.5 Å². The second kappa shape index (κ2) is 9.82. The van der Waals surface area contributed by atoms with Gasteiger partial charge >= 0.3 is 0 Å². The zero-order valence-electron chi connectivity index (χ0n) is 16.7. The summed E-state index contributed by atoms with van der Waals surface area (Å²) in [6.07, 6.45) is 1.72. The first kappa shape index (κ1) is 20.5. The number of amides is 2. The van der Waals surface area contributed by atoms with Crippen molar-refractivity contribution in [2.24, 2.45) is 0 Å². The Morgan fingerprint density at radius 3 is 2.29 bits per heavy atom. The van der Waals surface area contributed by atoms with Crippen LogP contribution in [0.4, 0.5) is 0 Å². The highest BCUT2D eigenvalue weighted by Crippen LogP contribution is 2.20. The summed E-state index contributed by atoms with van der Waals surface area (Å²) in [5.41, 5.74) is 3.20. The fourth-order valence-corrected chi connectivity index (χ4v) is 3.83. The SMILES string of the molecule is O=C(NC(c1ccccc1)c1ccccn1)c1ccc(CNC(=O)c2cccs2)cc1. The number of hydrogen-bond donors (Lipinski definition) is 2. The highest BCUT2D eigenvalue weighted by atomic mass is 32.1. The molecule has 4 rings (SSSR count). The number of carbonyl (C=O) groups is 2. The van der Waals surface area contributed by atoms with Crippen LogP contribution in [0.25, 0.3) is 0 Å². The molecule has 0 fully saturated rings. The molecule has 0 aliphatic rings. The molecular formula is C25H21N3O2S. The number of carbonyl (C=O) groups excluding carboxylic acids is 2. The van der Waals surface area contributed by atoms with Crippen molar-refractivity contribution in [3.63, 3.8) is 0 Å². The van der Waals surface area contributed by atoms with Crippen LogP contribution in [0.3, 0.4) is 0 Å². The topological polar surface area (TPSA) is 71.1 Å². The number of benzene rings is 2. The van der Waals surface area contributed by atoms with Crippen LogP contribution < -0.4 is 10.6 Å². The monoisotopic (exact) mass is 427 g/mol. The predicted molar refractivity (Wildman–Crippen MR) is 122 cm³/mol. The van der Waals surface area contributed by atoms with E-state index in [0.717, 1.165) is 16.8 Å². The van der Waals surface area contributed by atoms with Crippen LogP contribution in [0.5, 0.6) is 0 Å². The van der Waals surface area contributed by atoms with E-state index in [1.807, 2.05) is 72.1 Å². The molecule has 154 valence electrons. The molecule has 2 heterocycles. The maximum Gasteiger partial charge on any atom is 0.261 e. The number of pyridine rings is 1. The molecule has 0 aliphatic carbocycles. The lowest BCUT2D eigenvalue weighted by Crippen LogP contribution is -2.30. The molecule has 2 N–H and O–H groups in total. The van der Waals surface area contributed by atoms with E-state index in [1.165, 1.54) is 11.3 Å². The predicted octanol–water partition coefficient (Wildman–Crippen LogP) is 4.59. The van der Waals surface area contributed by atoms with Gasteiger partial charge in [0.05, 0.1) is 16.6 Å². The fourth-order valence-electron chi connectivity index (χ4n) is 3.19. The maximum atomic E-state index is 12.9. The van der Waals surface area contributed by atoms with Crippen LogP contribution in [-0.2, 0) is 6.54 Å². The lowest BCUT2D eigenvalue weighted by Gasteiger charge is -2.19.